The highest BCUT2D eigenvalue weighted by Gasteiger charge is 2.26. The van der Waals surface area contributed by atoms with Gasteiger partial charge >= 0.3 is 0 Å². The number of halogens is 1. The number of benzene rings is 1. The Morgan fingerprint density at radius 1 is 1.38 bits per heavy atom. The van der Waals surface area contributed by atoms with Crippen molar-refractivity contribution in [2.45, 2.75) is 39.3 Å². The lowest BCUT2D eigenvalue weighted by molar-refractivity contribution is -0.136. The van der Waals surface area contributed by atoms with Crippen LogP contribution in [-0.4, -0.2) is 41.9 Å². The summed E-state index contributed by atoms with van der Waals surface area (Å²) in [5, 5.41) is 0.796. The van der Waals surface area contributed by atoms with E-state index >= 15 is 0 Å². The van der Waals surface area contributed by atoms with E-state index in [0.717, 1.165) is 37.5 Å². The number of hydrogen-bond acceptors (Lipinski definition) is 2. The minimum Gasteiger partial charge on any atom is -0.342 e. The molecule has 0 saturated carbocycles. The summed E-state index contributed by atoms with van der Waals surface area (Å²) in [5.41, 5.74) is 1.26. The van der Waals surface area contributed by atoms with Crippen LogP contribution in [0, 0.1) is 5.92 Å². The second-order valence-corrected chi connectivity index (χ2v) is 6.68. The lowest BCUT2D eigenvalue weighted by Crippen LogP contribution is -2.46. The second kappa shape index (κ2) is 7.28. The highest BCUT2D eigenvalue weighted by Crippen LogP contribution is 2.20. The molecule has 1 heterocycles. The van der Waals surface area contributed by atoms with Crippen LogP contribution in [0.2, 0.25) is 5.02 Å². The first-order chi connectivity index (χ1) is 9.97. The molecule has 0 aliphatic carbocycles. The van der Waals surface area contributed by atoms with Crippen molar-refractivity contribution in [2.24, 2.45) is 5.92 Å². The van der Waals surface area contributed by atoms with Crippen molar-refractivity contribution in [3.8, 4) is 0 Å². The maximum Gasteiger partial charge on any atom is 0.225 e. The fraction of sp³-hybridized carbons (Fsp3) is 0.588. The predicted octanol–water partition coefficient (Wildman–Crippen LogP) is 3.42. The number of carbonyl (C=O) groups is 1. The van der Waals surface area contributed by atoms with Crippen LogP contribution in [0.4, 0.5) is 0 Å². The Hall–Kier alpha value is -1.06. The van der Waals surface area contributed by atoms with Gasteiger partial charge in [-0.05, 0) is 30.5 Å². The largest absolute Gasteiger partial charge is 0.342 e. The molecule has 21 heavy (non-hydrogen) atoms. The minimum absolute atomic E-state index is 0.0829. The first kappa shape index (κ1) is 16.3. The van der Waals surface area contributed by atoms with Crippen molar-refractivity contribution in [3.05, 3.63) is 34.9 Å². The molecular weight excluding hydrogens is 284 g/mol. The van der Waals surface area contributed by atoms with Gasteiger partial charge in [-0.2, -0.15) is 0 Å². The van der Waals surface area contributed by atoms with E-state index in [0.29, 0.717) is 6.04 Å². The van der Waals surface area contributed by atoms with Gasteiger partial charge in [0.25, 0.3) is 0 Å². The topological polar surface area (TPSA) is 23.6 Å². The summed E-state index contributed by atoms with van der Waals surface area (Å²) in [6.45, 7) is 6.94. The number of likely N-dealkylation sites (tertiary alicyclic amines) is 1. The highest BCUT2D eigenvalue weighted by molar-refractivity contribution is 6.30. The SMILES string of the molecule is CC(C)C(=O)N(C)C1CCN(Cc2cccc(Cl)c2)CC1. The molecule has 1 aromatic rings. The molecule has 0 bridgehead atoms. The van der Waals surface area contributed by atoms with E-state index < -0.39 is 0 Å². The molecule has 3 nitrogen and oxygen atoms in total. The van der Waals surface area contributed by atoms with E-state index in [1.165, 1.54) is 5.56 Å². The number of rotatable bonds is 4. The Balaban J connectivity index is 1.84. The monoisotopic (exact) mass is 308 g/mol. The molecule has 0 atom stereocenters. The summed E-state index contributed by atoms with van der Waals surface area (Å²) in [6.07, 6.45) is 2.10. The summed E-state index contributed by atoms with van der Waals surface area (Å²) in [4.78, 5) is 16.4. The van der Waals surface area contributed by atoms with E-state index in [1.807, 2.05) is 44.0 Å². The lowest BCUT2D eigenvalue weighted by Gasteiger charge is -2.37. The van der Waals surface area contributed by atoms with Crippen LogP contribution < -0.4 is 0 Å². The fourth-order valence-electron chi connectivity index (χ4n) is 2.95. The van der Waals surface area contributed by atoms with Gasteiger partial charge in [-0.1, -0.05) is 37.6 Å². The van der Waals surface area contributed by atoms with Crippen molar-refractivity contribution in [1.29, 1.82) is 0 Å². The first-order valence-electron chi connectivity index (χ1n) is 7.71. The van der Waals surface area contributed by atoms with Crippen LogP contribution in [0.1, 0.15) is 32.3 Å². The molecule has 0 radical (unpaired) electrons. The molecule has 116 valence electrons. The van der Waals surface area contributed by atoms with Crippen LogP contribution >= 0.6 is 11.6 Å². The zero-order valence-electron chi connectivity index (χ0n) is 13.2. The van der Waals surface area contributed by atoms with Crippen LogP contribution in [0.5, 0.6) is 0 Å². The molecule has 1 aliphatic heterocycles. The van der Waals surface area contributed by atoms with E-state index in [4.69, 9.17) is 11.6 Å². The minimum atomic E-state index is 0.0829. The molecule has 0 aromatic heterocycles. The molecule has 4 heteroatoms. The van der Waals surface area contributed by atoms with Crippen LogP contribution in [-0.2, 0) is 11.3 Å². The molecule has 0 N–H and O–H groups in total. The summed E-state index contributed by atoms with van der Waals surface area (Å²) in [6, 6.07) is 8.44. The summed E-state index contributed by atoms with van der Waals surface area (Å²) in [5.74, 6) is 0.336. The second-order valence-electron chi connectivity index (χ2n) is 6.24. The van der Waals surface area contributed by atoms with Gasteiger partial charge in [0.05, 0.1) is 0 Å². The van der Waals surface area contributed by atoms with Crippen molar-refractivity contribution in [2.75, 3.05) is 20.1 Å². The van der Waals surface area contributed by atoms with Gasteiger partial charge in [0.1, 0.15) is 0 Å². The molecule has 0 spiro atoms. The van der Waals surface area contributed by atoms with E-state index in [2.05, 4.69) is 11.0 Å². The van der Waals surface area contributed by atoms with E-state index in [9.17, 15) is 4.79 Å². The number of piperidine rings is 1. The fourth-order valence-corrected chi connectivity index (χ4v) is 3.16. The van der Waals surface area contributed by atoms with Gasteiger partial charge in [-0.25, -0.2) is 0 Å². The Bertz CT molecular complexity index is 481. The molecule has 1 fully saturated rings. The van der Waals surface area contributed by atoms with Crippen LogP contribution in [0.25, 0.3) is 0 Å². The van der Waals surface area contributed by atoms with Crippen molar-refractivity contribution in [3.63, 3.8) is 0 Å². The molecule has 1 aliphatic rings. The zero-order chi connectivity index (χ0) is 15.4. The van der Waals surface area contributed by atoms with Crippen LogP contribution in [0.15, 0.2) is 24.3 Å². The Morgan fingerprint density at radius 3 is 2.62 bits per heavy atom. The third-order valence-corrected chi connectivity index (χ3v) is 4.48. The third kappa shape index (κ3) is 4.45. The maximum absolute atomic E-state index is 12.0. The van der Waals surface area contributed by atoms with Crippen molar-refractivity contribution < 1.29 is 4.79 Å². The first-order valence-corrected chi connectivity index (χ1v) is 8.08. The summed E-state index contributed by atoms with van der Waals surface area (Å²) in [7, 11) is 1.94. The van der Waals surface area contributed by atoms with E-state index in [-0.39, 0.29) is 11.8 Å². The lowest BCUT2D eigenvalue weighted by atomic mass is 10.0. The number of hydrogen-bond donors (Lipinski definition) is 0. The smallest absolute Gasteiger partial charge is 0.225 e. The van der Waals surface area contributed by atoms with E-state index in [1.54, 1.807) is 0 Å². The van der Waals surface area contributed by atoms with Crippen molar-refractivity contribution in [1.82, 2.24) is 9.80 Å². The average Bonchev–Trinajstić information content (AvgIpc) is 2.46. The van der Waals surface area contributed by atoms with Gasteiger partial charge in [0.2, 0.25) is 5.91 Å². The normalized spacial score (nSPS) is 17.2. The van der Waals surface area contributed by atoms with Crippen LogP contribution in [0.3, 0.4) is 0 Å². The summed E-state index contributed by atoms with van der Waals surface area (Å²) >= 11 is 6.03. The molecule has 0 unspecified atom stereocenters. The molecule has 1 aromatic carbocycles. The highest BCUT2D eigenvalue weighted by atomic mass is 35.5. The third-order valence-electron chi connectivity index (χ3n) is 4.24. The Labute approximate surface area is 132 Å². The average molecular weight is 309 g/mol. The summed E-state index contributed by atoms with van der Waals surface area (Å²) < 4.78 is 0. The van der Waals surface area contributed by atoms with Gasteiger partial charge in [-0.3, -0.25) is 9.69 Å². The van der Waals surface area contributed by atoms with Gasteiger partial charge in [-0.15, -0.1) is 0 Å². The Morgan fingerprint density at radius 2 is 2.05 bits per heavy atom. The maximum atomic E-state index is 12.0. The zero-order valence-corrected chi connectivity index (χ0v) is 13.9. The van der Waals surface area contributed by atoms with Gasteiger partial charge in [0.15, 0.2) is 0 Å². The van der Waals surface area contributed by atoms with Gasteiger partial charge in [0, 0.05) is 43.7 Å². The number of carbonyl (C=O) groups excluding carboxylic acids is 1. The predicted molar refractivity (Wildman–Crippen MR) is 87.4 cm³/mol. The Kier molecular flexibility index (Phi) is 5.65. The molecule has 2 rings (SSSR count). The van der Waals surface area contributed by atoms with Gasteiger partial charge < -0.3 is 4.90 Å². The molecule has 1 saturated heterocycles. The number of nitrogens with zero attached hydrogens (tertiary/aromatic N) is 2. The quantitative estimate of drug-likeness (QED) is 0.851. The van der Waals surface area contributed by atoms with Crippen molar-refractivity contribution >= 4 is 17.5 Å². The number of amides is 1. The molecule has 1 amide bonds. The standard InChI is InChI=1S/C17H25ClN2O/c1-13(2)17(21)19(3)16-7-9-20(10-8-16)12-14-5-4-6-15(18)11-14/h4-6,11,13,16H,7-10,12H2,1-3H3. The molecular formula is C17H25ClN2O.